The average Bonchev–Trinajstić information content (AvgIpc) is 2.27. The summed E-state index contributed by atoms with van der Waals surface area (Å²) in [5, 5.41) is 18.2. The molecule has 2 unspecified atom stereocenters. The fourth-order valence-corrected chi connectivity index (χ4v) is 2.27. The SMILES string of the molecule is CC(=O)O[C@H]1C(CO)O[C@@H](Br)C(O)[C@@H]1OC(C)=O. The highest BCUT2D eigenvalue weighted by atomic mass is 79.9. The number of carbonyl (C=O) groups excluding carboxylic acids is 2. The Morgan fingerprint density at radius 3 is 2.17 bits per heavy atom. The van der Waals surface area contributed by atoms with Gasteiger partial charge in [-0.2, -0.15) is 0 Å². The molecule has 7 nitrogen and oxygen atoms in total. The largest absolute Gasteiger partial charge is 0.456 e. The van der Waals surface area contributed by atoms with Crippen molar-refractivity contribution in [3.8, 4) is 0 Å². The number of aliphatic hydroxyl groups is 2. The van der Waals surface area contributed by atoms with Crippen molar-refractivity contribution in [2.24, 2.45) is 0 Å². The second-order valence-corrected chi connectivity index (χ2v) is 4.75. The van der Waals surface area contributed by atoms with Crippen LogP contribution in [0.5, 0.6) is 0 Å². The lowest BCUT2D eigenvalue weighted by Gasteiger charge is -2.41. The van der Waals surface area contributed by atoms with Gasteiger partial charge in [0.1, 0.15) is 17.2 Å². The van der Waals surface area contributed by atoms with E-state index in [9.17, 15) is 19.8 Å². The molecule has 0 saturated carbocycles. The van der Waals surface area contributed by atoms with E-state index >= 15 is 0 Å². The van der Waals surface area contributed by atoms with E-state index in [0.717, 1.165) is 0 Å². The summed E-state index contributed by atoms with van der Waals surface area (Å²) in [5.41, 5.74) is 0. The molecule has 0 aromatic rings. The number of hydrogen-bond acceptors (Lipinski definition) is 7. The number of hydrogen-bond donors (Lipinski definition) is 2. The van der Waals surface area contributed by atoms with Gasteiger partial charge in [0.2, 0.25) is 0 Å². The minimum absolute atomic E-state index is 0.440. The summed E-state index contributed by atoms with van der Waals surface area (Å²) in [6, 6.07) is 0. The third-order valence-electron chi connectivity index (χ3n) is 2.38. The van der Waals surface area contributed by atoms with E-state index in [1.54, 1.807) is 0 Å². The topological polar surface area (TPSA) is 102 Å². The molecule has 1 aliphatic rings. The lowest BCUT2D eigenvalue weighted by molar-refractivity contribution is -0.228. The molecule has 0 radical (unpaired) electrons. The quantitative estimate of drug-likeness (QED) is 0.523. The predicted octanol–water partition coefficient (Wildman–Crippen LogP) is -0.677. The van der Waals surface area contributed by atoms with Gasteiger partial charge in [0, 0.05) is 13.8 Å². The van der Waals surface area contributed by atoms with Gasteiger partial charge in [-0.05, 0) is 0 Å². The van der Waals surface area contributed by atoms with Crippen LogP contribution < -0.4 is 0 Å². The molecule has 0 aromatic carbocycles. The Morgan fingerprint density at radius 2 is 1.72 bits per heavy atom. The van der Waals surface area contributed by atoms with Crippen LogP contribution in [0.1, 0.15) is 13.8 Å². The van der Waals surface area contributed by atoms with Crippen LogP contribution in [-0.4, -0.2) is 58.2 Å². The van der Waals surface area contributed by atoms with Crippen LogP contribution in [0.15, 0.2) is 0 Å². The molecule has 0 bridgehead atoms. The first-order valence-corrected chi connectivity index (χ1v) is 6.21. The van der Waals surface area contributed by atoms with Gasteiger partial charge in [0.15, 0.2) is 12.2 Å². The van der Waals surface area contributed by atoms with Gasteiger partial charge >= 0.3 is 11.9 Å². The molecular weight excluding hydrogens is 312 g/mol. The van der Waals surface area contributed by atoms with Crippen LogP contribution in [-0.2, 0) is 23.8 Å². The molecule has 2 N–H and O–H groups in total. The van der Waals surface area contributed by atoms with Crippen molar-refractivity contribution in [2.75, 3.05) is 6.61 Å². The standard InChI is InChI=1S/C10H15BrO7/c1-4(13)16-8-6(3-12)18-10(11)7(15)9(8)17-5(2)14/h6-10,12,15H,3H2,1-2H3/t6?,7?,8-,9-,10+/m0/s1. The van der Waals surface area contributed by atoms with E-state index in [4.69, 9.17) is 14.2 Å². The third kappa shape index (κ3) is 3.64. The molecule has 1 heterocycles. The molecule has 104 valence electrons. The smallest absolute Gasteiger partial charge is 0.303 e. The fourth-order valence-electron chi connectivity index (χ4n) is 1.69. The number of rotatable bonds is 3. The Kier molecular flexibility index (Phi) is 5.51. The van der Waals surface area contributed by atoms with Gasteiger partial charge in [-0.1, -0.05) is 15.9 Å². The molecule has 1 aliphatic heterocycles. The van der Waals surface area contributed by atoms with Crippen LogP contribution in [0.4, 0.5) is 0 Å². The van der Waals surface area contributed by atoms with Crippen LogP contribution in [0.2, 0.25) is 0 Å². The molecule has 0 spiro atoms. The minimum atomic E-state index is -1.21. The molecule has 1 saturated heterocycles. The van der Waals surface area contributed by atoms with Crippen LogP contribution >= 0.6 is 15.9 Å². The monoisotopic (exact) mass is 326 g/mol. The Hall–Kier alpha value is -0.700. The van der Waals surface area contributed by atoms with Crippen LogP contribution in [0, 0.1) is 0 Å². The Balaban J connectivity index is 2.92. The van der Waals surface area contributed by atoms with Crippen LogP contribution in [0.3, 0.4) is 0 Å². The maximum Gasteiger partial charge on any atom is 0.303 e. The summed E-state index contributed by atoms with van der Waals surface area (Å²) in [5.74, 6) is -1.26. The van der Waals surface area contributed by atoms with Crippen molar-refractivity contribution in [1.29, 1.82) is 0 Å². The zero-order chi connectivity index (χ0) is 13.9. The van der Waals surface area contributed by atoms with Gasteiger partial charge in [-0.15, -0.1) is 0 Å². The summed E-state index contributed by atoms with van der Waals surface area (Å²) in [6.45, 7) is 1.90. The van der Waals surface area contributed by atoms with Gasteiger partial charge in [0.25, 0.3) is 0 Å². The van der Waals surface area contributed by atoms with Crippen molar-refractivity contribution in [3.63, 3.8) is 0 Å². The molecule has 5 atom stereocenters. The second-order valence-electron chi connectivity index (χ2n) is 3.85. The summed E-state index contributed by atoms with van der Waals surface area (Å²) in [7, 11) is 0. The van der Waals surface area contributed by atoms with E-state index in [1.165, 1.54) is 13.8 Å². The molecule has 0 aliphatic carbocycles. The fraction of sp³-hybridized carbons (Fsp3) is 0.800. The highest BCUT2D eigenvalue weighted by Gasteiger charge is 2.48. The highest BCUT2D eigenvalue weighted by molar-refractivity contribution is 9.09. The van der Waals surface area contributed by atoms with Gasteiger partial charge in [-0.3, -0.25) is 9.59 Å². The summed E-state index contributed by atoms with van der Waals surface area (Å²) >= 11 is 3.04. The summed E-state index contributed by atoms with van der Waals surface area (Å²) < 4.78 is 15.1. The van der Waals surface area contributed by atoms with Crippen molar-refractivity contribution < 1.29 is 34.0 Å². The van der Waals surface area contributed by atoms with E-state index in [2.05, 4.69) is 15.9 Å². The summed E-state index contributed by atoms with van der Waals surface area (Å²) in [6.07, 6.45) is -4.24. The number of esters is 2. The number of halogens is 1. The van der Waals surface area contributed by atoms with Gasteiger partial charge in [0.05, 0.1) is 6.61 Å². The molecular formula is C10H15BrO7. The molecule has 18 heavy (non-hydrogen) atoms. The van der Waals surface area contributed by atoms with E-state index in [-0.39, 0.29) is 0 Å². The van der Waals surface area contributed by atoms with E-state index < -0.39 is 48.0 Å². The molecule has 8 heteroatoms. The summed E-state index contributed by atoms with van der Waals surface area (Å²) in [4.78, 5) is 22.0. The first-order chi connectivity index (χ1) is 8.36. The molecule has 1 fully saturated rings. The molecule has 0 amide bonds. The zero-order valence-corrected chi connectivity index (χ0v) is 11.5. The lowest BCUT2D eigenvalue weighted by Crippen LogP contribution is -2.59. The van der Waals surface area contributed by atoms with Gasteiger partial charge < -0.3 is 24.4 Å². The predicted molar refractivity (Wildman–Crippen MR) is 61.8 cm³/mol. The van der Waals surface area contributed by atoms with Crippen molar-refractivity contribution in [2.45, 2.75) is 43.3 Å². The lowest BCUT2D eigenvalue weighted by atomic mass is 10.00. The third-order valence-corrected chi connectivity index (χ3v) is 3.14. The second kappa shape index (κ2) is 6.46. The Labute approximate surface area is 112 Å². The first kappa shape index (κ1) is 15.4. The van der Waals surface area contributed by atoms with Gasteiger partial charge in [-0.25, -0.2) is 0 Å². The Bertz CT molecular complexity index is 305. The van der Waals surface area contributed by atoms with Crippen LogP contribution in [0.25, 0.3) is 0 Å². The first-order valence-electron chi connectivity index (χ1n) is 5.29. The molecule has 1 rings (SSSR count). The average molecular weight is 327 g/mol. The van der Waals surface area contributed by atoms with Crippen molar-refractivity contribution >= 4 is 27.9 Å². The minimum Gasteiger partial charge on any atom is -0.456 e. The number of carbonyl (C=O) groups is 2. The number of aliphatic hydroxyl groups excluding tert-OH is 2. The number of ether oxygens (including phenoxy) is 3. The van der Waals surface area contributed by atoms with Crippen molar-refractivity contribution in [1.82, 2.24) is 0 Å². The number of alkyl halides is 1. The Morgan fingerprint density at radius 1 is 1.22 bits per heavy atom. The zero-order valence-electron chi connectivity index (χ0n) is 9.91. The van der Waals surface area contributed by atoms with Crippen molar-refractivity contribution in [3.05, 3.63) is 0 Å². The maximum atomic E-state index is 11.0. The normalized spacial score (nSPS) is 35.9. The maximum absolute atomic E-state index is 11.0. The molecule has 0 aromatic heterocycles. The highest BCUT2D eigenvalue weighted by Crippen LogP contribution is 2.28. The van der Waals surface area contributed by atoms with E-state index in [1.807, 2.05) is 0 Å². The van der Waals surface area contributed by atoms with E-state index in [0.29, 0.717) is 0 Å².